The van der Waals surface area contributed by atoms with E-state index in [4.69, 9.17) is 4.74 Å². The molecular formula is C17H27NO2. The fraction of sp³-hybridized carbons (Fsp3) is 0.647. The second-order valence-corrected chi connectivity index (χ2v) is 5.94. The molecule has 0 radical (unpaired) electrons. The van der Waals surface area contributed by atoms with Crippen molar-refractivity contribution in [3.05, 3.63) is 29.8 Å². The molecule has 0 saturated heterocycles. The lowest BCUT2D eigenvalue weighted by molar-refractivity contribution is 0.0381. The summed E-state index contributed by atoms with van der Waals surface area (Å²) in [6.45, 7) is 2.25. The quantitative estimate of drug-likeness (QED) is 0.838. The molecule has 1 aromatic carbocycles. The van der Waals surface area contributed by atoms with Crippen molar-refractivity contribution in [3.8, 4) is 5.75 Å². The van der Waals surface area contributed by atoms with Gasteiger partial charge in [-0.3, -0.25) is 0 Å². The molecule has 1 saturated carbocycles. The van der Waals surface area contributed by atoms with Crippen LogP contribution in [0, 0.1) is 0 Å². The van der Waals surface area contributed by atoms with Crippen LogP contribution in [0.3, 0.4) is 0 Å². The molecule has 0 bridgehead atoms. The summed E-state index contributed by atoms with van der Waals surface area (Å²) in [5.41, 5.74) is 1.28. The number of hydrogen-bond donors (Lipinski definition) is 2. The zero-order valence-corrected chi connectivity index (χ0v) is 12.6. The highest BCUT2D eigenvalue weighted by Gasteiger charge is 2.25. The number of nitrogens with one attached hydrogen (secondary N) is 1. The number of aromatic hydroxyl groups is 1. The zero-order chi connectivity index (χ0) is 14.4. The Morgan fingerprint density at radius 2 is 1.95 bits per heavy atom. The molecule has 3 unspecified atom stereocenters. The van der Waals surface area contributed by atoms with E-state index in [0.717, 1.165) is 12.8 Å². The SMILES string of the molecule is COC1CCCCC1NC(C)CCc1ccc(O)cc1. The second kappa shape index (κ2) is 7.65. The number of ether oxygens (including phenoxy) is 1. The third-order valence-corrected chi connectivity index (χ3v) is 4.31. The largest absolute Gasteiger partial charge is 0.508 e. The number of methoxy groups -OCH3 is 1. The van der Waals surface area contributed by atoms with Crippen molar-refractivity contribution < 1.29 is 9.84 Å². The molecule has 0 heterocycles. The van der Waals surface area contributed by atoms with Gasteiger partial charge in [-0.15, -0.1) is 0 Å². The summed E-state index contributed by atoms with van der Waals surface area (Å²) < 4.78 is 5.59. The lowest BCUT2D eigenvalue weighted by Gasteiger charge is -2.33. The van der Waals surface area contributed by atoms with Gasteiger partial charge in [0.25, 0.3) is 0 Å². The van der Waals surface area contributed by atoms with Gasteiger partial charge >= 0.3 is 0 Å². The van der Waals surface area contributed by atoms with Crippen LogP contribution in [0.1, 0.15) is 44.6 Å². The van der Waals surface area contributed by atoms with Gasteiger partial charge in [0.1, 0.15) is 5.75 Å². The van der Waals surface area contributed by atoms with Crippen LogP contribution in [0.15, 0.2) is 24.3 Å². The topological polar surface area (TPSA) is 41.5 Å². The van der Waals surface area contributed by atoms with Gasteiger partial charge in [0.15, 0.2) is 0 Å². The van der Waals surface area contributed by atoms with Crippen LogP contribution in [0.5, 0.6) is 5.75 Å². The van der Waals surface area contributed by atoms with E-state index in [1.54, 1.807) is 12.1 Å². The van der Waals surface area contributed by atoms with E-state index < -0.39 is 0 Å². The molecule has 0 amide bonds. The Morgan fingerprint density at radius 3 is 2.65 bits per heavy atom. The van der Waals surface area contributed by atoms with Crippen LogP contribution in [0.4, 0.5) is 0 Å². The number of rotatable bonds is 6. The highest BCUT2D eigenvalue weighted by Crippen LogP contribution is 2.21. The Labute approximate surface area is 122 Å². The fourth-order valence-corrected chi connectivity index (χ4v) is 3.06. The summed E-state index contributed by atoms with van der Waals surface area (Å²) in [6, 6.07) is 8.51. The zero-order valence-electron chi connectivity index (χ0n) is 12.6. The number of aryl methyl sites for hydroxylation is 1. The van der Waals surface area contributed by atoms with Crippen molar-refractivity contribution in [2.45, 2.75) is 63.6 Å². The molecule has 3 heteroatoms. The van der Waals surface area contributed by atoms with Gasteiger partial charge in [0.05, 0.1) is 6.10 Å². The van der Waals surface area contributed by atoms with Crippen molar-refractivity contribution in [3.63, 3.8) is 0 Å². The average Bonchev–Trinajstić information content (AvgIpc) is 2.47. The number of hydrogen-bond acceptors (Lipinski definition) is 3. The first-order chi connectivity index (χ1) is 9.69. The van der Waals surface area contributed by atoms with Gasteiger partial charge in [-0.2, -0.15) is 0 Å². The fourth-order valence-electron chi connectivity index (χ4n) is 3.06. The van der Waals surface area contributed by atoms with E-state index in [0.29, 0.717) is 23.9 Å². The minimum absolute atomic E-state index is 0.338. The second-order valence-electron chi connectivity index (χ2n) is 5.94. The predicted octanol–water partition coefficient (Wildman–Crippen LogP) is 3.26. The summed E-state index contributed by atoms with van der Waals surface area (Å²) in [6.07, 6.45) is 7.53. The van der Waals surface area contributed by atoms with E-state index in [1.807, 2.05) is 19.2 Å². The van der Waals surface area contributed by atoms with E-state index in [1.165, 1.54) is 31.2 Å². The van der Waals surface area contributed by atoms with Crippen LogP contribution >= 0.6 is 0 Å². The third-order valence-electron chi connectivity index (χ3n) is 4.31. The van der Waals surface area contributed by atoms with Crippen molar-refractivity contribution in [1.29, 1.82) is 0 Å². The number of phenols is 1. The van der Waals surface area contributed by atoms with Crippen molar-refractivity contribution in [1.82, 2.24) is 5.32 Å². The molecule has 1 aromatic rings. The summed E-state index contributed by atoms with van der Waals surface area (Å²) in [7, 11) is 1.83. The molecule has 20 heavy (non-hydrogen) atoms. The molecular weight excluding hydrogens is 250 g/mol. The highest BCUT2D eigenvalue weighted by molar-refractivity contribution is 5.25. The van der Waals surface area contributed by atoms with Crippen LogP contribution in [0.25, 0.3) is 0 Å². The Balaban J connectivity index is 1.76. The lowest BCUT2D eigenvalue weighted by Crippen LogP contribution is -2.47. The van der Waals surface area contributed by atoms with Gasteiger partial charge in [0, 0.05) is 19.2 Å². The van der Waals surface area contributed by atoms with Crippen LogP contribution in [0.2, 0.25) is 0 Å². The standard InChI is InChI=1S/C17H27NO2/c1-13(7-8-14-9-11-15(19)12-10-14)18-16-5-3-4-6-17(16)20-2/h9-13,16-19H,3-8H2,1-2H3. The Bertz CT molecular complexity index is 390. The first-order valence-electron chi connectivity index (χ1n) is 7.76. The molecule has 3 atom stereocenters. The van der Waals surface area contributed by atoms with E-state index in [2.05, 4.69) is 12.2 Å². The minimum Gasteiger partial charge on any atom is -0.508 e. The molecule has 2 N–H and O–H groups in total. The van der Waals surface area contributed by atoms with Crippen LogP contribution in [-0.2, 0) is 11.2 Å². The molecule has 112 valence electrons. The molecule has 0 aromatic heterocycles. The monoisotopic (exact) mass is 277 g/mol. The summed E-state index contributed by atoms with van der Waals surface area (Å²) in [4.78, 5) is 0. The summed E-state index contributed by atoms with van der Waals surface area (Å²) in [5, 5.41) is 13.0. The molecule has 3 nitrogen and oxygen atoms in total. The van der Waals surface area contributed by atoms with Crippen LogP contribution in [-0.4, -0.2) is 30.4 Å². The highest BCUT2D eigenvalue weighted by atomic mass is 16.5. The maximum Gasteiger partial charge on any atom is 0.115 e. The van der Waals surface area contributed by atoms with E-state index in [-0.39, 0.29) is 0 Å². The van der Waals surface area contributed by atoms with Gasteiger partial charge in [0.2, 0.25) is 0 Å². The first-order valence-corrected chi connectivity index (χ1v) is 7.76. The van der Waals surface area contributed by atoms with Gasteiger partial charge < -0.3 is 15.2 Å². The van der Waals surface area contributed by atoms with Gasteiger partial charge in [-0.25, -0.2) is 0 Å². The molecule has 1 fully saturated rings. The van der Waals surface area contributed by atoms with Crippen molar-refractivity contribution in [2.24, 2.45) is 0 Å². The number of phenolic OH excluding ortho intramolecular Hbond substituents is 1. The summed E-state index contributed by atoms with van der Waals surface area (Å²) >= 11 is 0. The molecule has 1 aliphatic rings. The Hall–Kier alpha value is -1.06. The Morgan fingerprint density at radius 1 is 1.25 bits per heavy atom. The lowest BCUT2D eigenvalue weighted by atomic mass is 9.91. The average molecular weight is 277 g/mol. The smallest absolute Gasteiger partial charge is 0.115 e. The number of benzene rings is 1. The van der Waals surface area contributed by atoms with Crippen LogP contribution < -0.4 is 5.32 Å². The molecule has 0 spiro atoms. The first kappa shape index (κ1) is 15.3. The van der Waals surface area contributed by atoms with Crippen molar-refractivity contribution >= 4 is 0 Å². The minimum atomic E-state index is 0.338. The molecule has 2 rings (SSSR count). The molecule has 1 aliphatic carbocycles. The summed E-state index contributed by atoms with van der Waals surface area (Å²) in [5.74, 6) is 0.338. The Kier molecular flexibility index (Phi) is 5.86. The third kappa shape index (κ3) is 4.50. The maximum absolute atomic E-state index is 9.28. The predicted molar refractivity (Wildman–Crippen MR) is 82.1 cm³/mol. The molecule has 0 aliphatic heterocycles. The van der Waals surface area contributed by atoms with Gasteiger partial charge in [-0.05, 0) is 50.3 Å². The normalized spacial score (nSPS) is 24.5. The van der Waals surface area contributed by atoms with Gasteiger partial charge in [-0.1, -0.05) is 25.0 Å². The van der Waals surface area contributed by atoms with E-state index in [9.17, 15) is 5.11 Å². The van der Waals surface area contributed by atoms with E-state index >= 15 is 0 Å². The maximum atomic E-state index is 9.28. The van der Waals surface area contributed by atoms with Crippen molar-refractivity contribution in [2.75, 3.05) is 7.11 Å².